The van der Waals surface area contributed by atoms with Crippen LogP contribution in [0.1, 0.15) is 40.0 Å². The van der Waals surface area contributed by atoms with Gasteiger partial charge in [0.1, 0.15) is 0 Å². The van der Waals surface area contributed by atoms with E-state index < -0.39 is 0 Å². The Bertz CT molecular complexity index is 243. The Kier molecular flexibility index (Phi) is 5.92. The molecule has 1 amide bonds. The van der Waals surface area contributed by atoms with E-state index >= 15 is 0 Å². The third-order valence-electron chi connectivity index (χ3n) is 3.58. The minimum absolute atomic E-state index is 0.0168. The van der Waals surface area contributed by atoms with Gasteiger partial charge >= 0.3 is 0 Å². The van der Waals surface area contributed by atoms with Gasteiger partial charge in [0.25, 0.3) is 0 Å². The summed E-state index contributed by atoms with van der Waals surface area (Å²) >= 11 is 0. The second kappa shape index (κ2) is 6.97. The van der Waals surface area contributed by atoms with Crippen LogP contribution in [0.5, 0.6) is 0 Å². The second-order valence-corrected chi connectivity index (χ2v) is 5.42. The standard InChI is InChI=1S/C13H27N3O/c1-10(2)16(4)9-8-14-13(17)12-7-5-6-11(3)15-12/h10-12,15H,5-9H2,1-4H3,(H,14,17). The molecule has 1 saturated heterocycles. The predicted molar refractivity (Wildman–Crippen MR) is 71.0 cm³/mol. The predicted octanol–water partition coefficient (Wildman–Crippen LogP) is 0.973. The van der Waals surface area contributed by atoms with E-state index in [-0.39, 0.29) is 11.9 Å². The van der Waals surface area contributed by atoms with Gasteiger partial charge in [-0.25, -0.2) is 0 Å². The number of carbonyl (C=O) groups is 1. The third kappa shape index (κ3) is 5.04. The first-order chi connectivity index (χ1) is 8.00. The molecule has 1 fully saturated rings. The molecule has 0 spiro atoms. The van der Waals surface area contributed by atoms with Crippen molar-refractivity contribution in [3.8, 4) is 0 Å². The highest BCUT2D eigenvalue weighted by Gasteiger charge is 2.23. The smallest absolute Gasteiger partial charge is 0.237 e. The number of hydrogen-bond donors (Lipinski definition) is 2. The van der Waals surface area contributed by atoms with E-state index in [1.807, 2.05) is 0 Å². The molecule has 0 saturated carbocycles. The zero-order chi connectivity index (χ0) is 12.8. The lowest BCUT2D eigenvalue weighted by molar-refractivity contribution is -0.124. The minimum Gasteiger partial charge on any atom is -0.353 e. The third-order valence-corrected chi connectivity index (χ3v) is 3.58. The van der Waals surface area contributed by atoms with Crippen molar-refractivity contribution in [1.82, 2.24) is 15.5 Å². The molecule has 0 aromatic heterocycles. The molecule has 4 heteroatoms. The van der Waals surface area contributed by atoms with Crippen molar-refractivity contribution in [1.29, 1.82) is 0 Å². The molecule has 17 heavy (non-hydrogen) atoms. The van der Waals surface area contributed by atoms with Gasteiger partial charge in [0, 0.05) is 25.2 Å². The van der Waals surface area contributed by atoms with Crippen molar-refractivity contribution in [3.05, 3.63) is 0 Å². The van der Waals surface area contributed by atoms with Gasteiger partial charge in [0.05, 0.1) is 6.04 Å². The molecular weight excluding hydrogens is 214 g/mol. The van der Waals surface area contributed by atoms with E-state index in [4.69, 9.17) is 0 Å². The van der Waals surface area contributed by atoms with Crippen LogP contribution < -0.4 is 10.6 Å². The van der Waals surface area contributed by atoms with E-state index in [1.54, 1.807) is 0 Å². The number of carbonyl (C=O) groups excluding carboxylic acids is 1. The van der Waals surface area contributed by atoms with Gasteiger partial charge in [-0.3, -0.25) is 4.79 Å². The van der Waals surface area contributed by atoms with E-state index in [9.17, 15) is 4.79 Å². The molecule has 0 bridgehead atoms. The van der Waals surface area contributed by atoms with Crippen molar-refractivity contribution in [3.63, 3.8) is 0 Å². The van der Waals surface area contributed by atoms with Gasteiger partial charge in [-0.05, 0) is 47.1 Å². The number of nitrogens with zero attached hydrogens (tertiary/aromatic N) is 1. The molecule has 2 atom stereocenters. The average Bonchev–Trinajstić information content (AvgIpc) is 2.28. The summed E-state index contributed by atoms with van der Waals surface area (Å²) in [5.74, 6) is 0.161. The Morgan fingerprint density at radius 2 is 2.18 bits per heavy atom. The lowest BCUT2D eigenvalue weighted by Crippen LogP contribution is -2.51. The Morgan fingerprint density at radius 3 is 2.76 bits per heavy atom. The van der Waals surface area contributed by atoms with Crippen molar-refractivity contribution >= 4 is 5.91 Å². The first-order valence-corrected chi connectivity index (χ1v) is 6.74. The van der Waals surface area contributed by atoms with E-state index in [2.05, 4.69) is 43.4 Å². The highest BCUT2D eigenvalue weighted by molar-refractivity contribution is 5.81. The molecular formula is C13H27N3O. The SMILES string of the molecule is CC1CCCC(C(=O)NCCN(C)C(C)C)N1. The average molecular weight is 241 g/mol. The van der Waals surface area contributed by atoms with Crippen LogP contribution in [-0.2, 0) is 4.79 Å². The maximum Gasteiger partial charge on any atom is 0.237 e. The van der Waals surface area contributed by atoms with Gasteiger partial charge < -0.3 is 15.5 Å². The second-order valence-electron chi connectivity index (χ2n) is 5.42. The van der Waals surface area contributed by atoms with Gasteiger partial charge in [0.2, 0.25) is 5.91 Å². The molecule has 0 aliphatic carbocycles. The molecule has 1 aliphatic rings. The Labute approximate surface area is 105 Å². The van der Waals surface area contributed by atoms with Crippen molar-refractivity contribution in [2.75, 3.05) is 20.1 Å². The fraction of sp³-hybridized carbons (Fsp3) is 0.923. The summed E-state index contributed by atoms with van der Waals surface area (Å²) in [7, 11) is 2.08. The summed E-state index contributed by atoms with van der Waals surface area (Å²) in [5.41, 5.74) is 0. The fourth-order valence-electron chi connectivity index (χ4n) is 2.08. The molecule has 1 heterocycles. The van der Waals surface area contributed by atoms with Crippen LogP contribution >= 0.6 is 0 Å². The van der Waals surface area contributed by atoms with Gasteiger partial charge in [-0.2, -0.15) is 0 Å². The number of amides is 1. The number of piperidine rings is 1. The Hall–Kier alpha value is -0.610. The number of hydrogen-bond acceptors (Lipinski definition) is 3. The van der Waals surface area contributed by atoms with E-state index in [0.29, 0.717) is 12.1 Å². The van der Waals surface area contributed by atoms with Crippen molar-refractivity contribution in [2.24, 2.45) is 0 Å². The van der Waals surface area contributed by atoms with Crippen LogP contribution in [0, 0.1) is 0 Å². The largest absolute Gasteiger partial charge is 0.353 e. The van der Waals surface area contributed by atoms with Crippen LogP contribution in [0.3, 0.4) is 0 Å². The summed E-state index contributed by atoms with van der Waals surface area (Å²) in [6, 6.07) is 1.01. The van der Waals surface area contributed by atoms with Crippen LogP contribution in [0.4, 0.5) is 0 Å². The summed E-state index contributed by atoms with van der Waals surface area (Å²) in [5, 5.41) is 6.37. The van der Waals surface area contributed by atoms with Crippen LogP contribution in [0.15, 0.2) is 0 Å². The first-order valence-electron chi connectivity index (χ1n) is 6.74. The summed E-state index contributed by atoms with van der Waals surface area (Å²) < 4.78 is 0. The van der Waals surface area contributed by atoms with Crippen molar-refractivity contribution in [2.45, 2.75) is 58.2 Å². The molecule has 2 N–H and O–H groups in total. The fourth-order valence-corrected chi connectivity index (χ4v) is 2.08. The number of rotatable bonds is 5. The minimum atomic E-state index is 0.0168. The molecule has 4 nitrogen and oxygen atoms in total. The normalized spacial score (nSPS) is 25.3. The van der Waals surface area contributed by atoms with Gasteiger partial charge in [0.15, 0.2) is 0 Å². The summed E-state index contributed by atoms with van der Waals surface area (Å²) in [6.45, 7) is 8.11. The summed E-state index contributed by atoms with van der Waals surface area (Å²) in [4.78, 5) is 14.1. The zero-order valence-corrected chi connectivity index (χ0v) is 11.6. The lowest BCUT2D eigenvalue weighted by Gasteiger charge is -2.28. The topological polar surface area (TPSA) is 44.4 Å². The van der Waals surface area contributed by atoms with Crippen LogP contribution in [0.2, 0.25) is 0 Å². The van der Waals surface area contributed by atoms with Gasteiger partial charge in [-0.15, -0.1) is 0 Å². The van der Waals surface area contributed by atoms with Crippen LogP contribution in [-0.4, -0.2) is 49.1 Å². The molecule has 0 radical (unpaired) electrons. The highest BCUT2D eigenvalue weighted by atomic mass is 16.2. The van der Waals surface area contributed by atoms with Crippen LogP contribution in [0.25, 0.3) is 0 Å². The van der Waals surface area contributed by atoms with E-state index in [0.717, 1.165) is 25.9 Å². The zero-order valence-electron chi connectivity index (χ0n) is 11.6. The highest BCUT2D eigenvalue weighted by Crippen LogP contribution is 2.12. The number of likely N-dealkylation sites (N-methyl/N-ethyl adjacent to an activating group) is 1. The Morgan fingerprint density at radius 1 is 1.47 bits per heavy atom. The molecule has 0 aromatic rings. The maximum atomic E-state index is 11.9. The van der Waals surface area contributed by atoms with Crippen molar-refractivity contribution < 1.29 is 4.79 Å². The Balaban J connectivity index is 2.20. The van der Waals surface area contributed by atoms with E-state index in [1.165, 1.54) is 6.42 Å². The first kappa shape index (κ1) is 14.5. The van der Waals surface area contributed by atoms with Gasteiger partial charge in [-0.1, -0.05) is 0 Å². The molecule has 100 valence electrons. The molecule has 2 unspecified atom stereocenters. The quantitative estimate of drug-likeness (QED) is 0.754. The monoisotopic (exact) mass is 241 g/mol. The number of nitrogens with one attached hydrogen (secondary N) is 2. The summed E-state index contributed by atoms with van der Waals surface area (Å²) in [6.07, 6.45) is 3.30. The lowest BCUT2D eigenvalue weighted by atomic mass is 9.99. The molecule has 0 aromatic carbocycles. The maximum absolute atomic E-state index is 11.9. The molecule has 1 rings (SSSR count). The molecule has 1 aliphatic heterocycles.